The first-order valence-electron chi connectivity index (χ1n) is 6.36. The Morgan fingerprint density at radius 3 is 2.38 bits per heavy atom. The normalized spacial score (nSPS) is 11.2. The van der Waals surface area contributed by atoms with Gasteiger partial charge in [-0.3, -0.25) is 4.72 Å². The van der Waals surface area contributed by atoms with E-state index in [1.807, 2.05) is 38.1 Å². The molecule has 0 spiro atoms. The van der Waals surface area contributed by atoms with E-state index in [-0.39, 0.29) is 4.90 Å². The number of nitrogens with one attached hydrogen (secondary N) is 1. The molecule has 0 aromatic heterocycles. The number of para-hydroxylation sites is 2. The minimum atomic E-state index is -3.61. The molecule has 0 saturated heterocycles. The minimum Gasteiger partial charge on any atom is -0.376 e. The van der Waals surface area contributed by atoms with Crippen LogP contribution in [0.3, 0.4) is 0 Å². The molecule has 0 saturated carbocycles. The second kappa shape index (κ2) is 6.07. The highest BCUT2D eigenvalue weighted by Crippen LogP contribution is 2.27. The fraction of sp³-hybridized carbons (Fsp3) is 0.200. The van der Waals surface area contributed by atoms with Gasteiger partial charge in [0.05, 0.1) is 16.3 Å². The van der Waals surface area contributed by atoms with Crippen LogP contribution in [-0.4, -0.2) is 22.5 Å². The van der Waals surface area contributed by atoms with Crippen molar-refractivity contribution in [1.29, 1.82) is 0 Å². The Kier molecular flexibility index (Phi) is 4.58. The zero-order valence-electron chi connectivity index (χ0n) is 12.1. The van der Waals surface area contributed by atoms with Gasteiger partial charge in [-0.2, -0.15) is 0 Å². The summed E-state index contributed by atoms with van der Waals surface area (Å²) in [6, 6.07) is 12.3. The summed E-state index contributed by atoms with van der Waals surface area (Å²) < 4.78 is 28.5. The highest BCUT2D eigenvalue weighted by atomic mass is 79.9. The zero-order chi connectivity index (χ0) is 15.6. The molecule has 6 heteroatoms. The largest absolute Gasteiger partial charge is 0.376 e. The van der Waals surface area contributed by atoms with Crippen LogP contribution in [0.15, 0.2) is 51.8 Å². The number of hydrogen-bond donors (Lipinski definition) is 1. The number of halogens is 1. The molecular formula is C15H17BrN2O2S. The lowest BCUT2D eigenvalue weighted by Gasteiger charge is -2.18. The van der Waals surface area contributed by atoms with Crippen LogP contribution in [0.5, 0.6) is 0 Å². The Morgan fingerprint density at radius 1 is 1.10 bits per heavy atom. The van der Waals surface area contributed by atoms with Gasteiger partial charge in [-0.15, -0.1) is 0 Å². The first kappa shape index (κ1) is 15.9. The van der Waals surface area contributed by atoms with Crippen LogP contribution in [-0.2, 0) is 10.0 Å². The first-order valence-corrected chi connectivity index (χ1v) is 8.64. The summed E-state index contributed by atoms with van der Waals surface area (Å²) in [5, 5.41) is 0. The number of hydrogen-bond acceptors (Lipinski definition) is 3. The molecule has 0 radical (unpaired) electrons. The number of rotatable bonds is 4. The van der Waals surface area contributed by atoms with Crippen molar-refractivity contribution in [2.75, 3.05) is 23.7 Å². The summed E-state index contributed by atoms with van der Waals surface area (Å²) in [6.45, 7) is 1.86. The molecule has 0 aliphatic rings. The molecule has 2 aromatic rings. The molecule has 0 fully saturated rings. The summed E-state index contributed by atoms with van der Waals surface area (Å²) in [4.78, 5) is 2.11. The van der Waals surface area contributed by atoms with Gasteiger partial charge in [-0.1, -0.05) is 28.1 Å². The number of aryl methyl sites for hydroxylation is 1. The predicted molar refractivity (Wildman–Crippen MR) is 90.5 cm³/mol. The van der Waals surface area contributed by atoms with E-state index in [0.29, 0.717) is 5.69 Å². The van der Waals surface area contributed by atoms with Gasteiger partial charge in [0.25, 0.3) is 10.0 Å². The molecule has 0 aliphatic carbocycles. The lowest BCUT2D eigenvalue weighted by atomic mass is 10.2. The predicted octanol–water partition coefficient (Wildman–Crippen LogP) is 3.62. The maximum atomic E-state index is 12.5. The molecule has 2 aromatic carbocycles. The van der Waals surface area contributed by atoms with E-state index in [0.717, 1.165) is 15.7 Å². The van der Waals surface area contributed by atoms with Gasteiger partial charge in [0, 0.05) is 18.6 Å². The van der Waals surface area contributed by atoms with Gasteiger partial charge < -0.3 is 4.90 Å². The van der Waals surface area contributed by atoms with Crippen LogP contribution >= 0.6 is 15.9 Å². The molecule has 4 nitrogen and oxygen atoms in total. The van der Waals surface area contributed by atoms with Gasteiger partial charge in [0.1, 0.15) is 0 Å². The topological polar surface area (TPSA) is 49.4 Å². The highest BCUT2D eigenvalue weighted by Gasteiger charge is 2.17. The van der Waals surface area contributed by atoms with E-state index in [1.165, 1.54) is 0 Å². The maximum Gasteiger partial charge on any atom is 0.261 e. The highest BCUT2D eigenvalue weighted by molar-refractivity contribution is 9.10. The van der Waals surface area contributed by atoms with Crippen molar-refractivity contribution in [2.24, 2.45) is 0 Å². The average molecular weight is 369 g/mol. The summed E-state index contributed by atoms with van der Waals surface area (Å²) in [5.74, 6) is 0. The van der Waals surface area contributed by atoms with Gasteiger partial charge in [-0.25, -0.2) is 8.42 Å². The molecule has 0 amide bonds. The Hall–Kier alpha value is -1.53. The van der Waals surface area contributed by atoms with Crippen molar-refractivity contribution in [3.63, 3.8) is 0 Å². The van der Waals surface area contributed by atoms with Crippen LogP contribution < -0.4 is 9.62 Å². The molecule has 21 heavy (non-hydrogen) atoms. The summed E-state index contributed by atoms with van der Waals surface area (Å²) in [7, 11) is 0.138. The first-order chi connectivity index (χ1) is 9.81. The Labute approximate surface area is 134 Å². The van der Waals surface area contributed by atoms with Gasteiger partial charge in [0.15, 0.2) is 0 Å². The third-order valence-corrected chi connectivity index (χ3v) is 5.32. The molecule has 0 bridgehead atoms. The van der Waals surface area contributed by atoms with Crippen molar-refractivity contribution in [1.82, 2.24) is 0 Å². The molecule has 0 aliphatic heterocycles. The summed E-state index contributed by atoms with van der Waals surface area (Å²) in [6.07, 6.45) is 0. The van der Waals surface area contributed by atoms with Crippen molar-refractivity contribution in [3.8, 4) is 0 Å². The van der Waals surface area contributed by atoms with E-state index >= 15 is 0 Å². The van der Waals surface area contributed by atoms with Gasteiger partial charge >= 0.3 is 0 Å². The van der Waals surface area contributed by atoms with E-state index in [2.05, 4.69) is 20.7 Å². The van der Waals surface area contributed by atoms with Gasteiger partial charge in [-0.05, 0) is 42.8 Å². The van der Waals surface area contributed by atoms with Crippen LogP contribution in [0.25, 0.3) is 0 Å². The minimum absolute atomic E-state index is 0.247. The number of nitrogens with zero attached hydrogens (tertiary/aromatic N) is 1. The average Bonchev–Trinajstić information content (AvgIpc) is 2.41. The van der Waals surface area contributed by atoms with Crippen molar-refractivity contribution < 1.29 is 8.42 Å². The van der Waals surface area contributed by atoms with Gasteiger partial charge in [0.2, 0.25) is 0 Å². The molecule has 1 N–H and O–H groups in total. The quantitative estimate of drug-likeness (QED) is 0.896. The SMILES string of the molecule is Cc1cc(S(=O)(=O)Nc2ccccc2N(C)C)ccc1Br. The summed E-state index contributed by atoms with van der Waals surface area (Å²) >= 11 is 3.37. The Morgan fingerprint density at radius 2 is 1.76 bits per heavy atom. The fourth-order valence-corrected chi connectivity index (χ4v) is 3.34. The summed E-state index contributed by atoms with van der Waals surface area (Å²) in [5.41, 5.74) is 2.25. The zero-order valence-corrected chi connectivity index (χ0v) is 14.5. The van der Waals surface area contributed by atoms with Crippen LogP contribution in [0.1, 0.15) is 5.56 Å². The third-order valence-electron chi connectivity index (χ3n) is 3.07. The Balaban J connectivity index is 2.40. The van der Waals surface area contributed by atoms with E-state index in [4.69, 9.17) is 0 Å². The number of benzene rings is 2. The Bertz CT molecular complexity index is 758. The third kappa shape index (κ3) is 3.57. The number of sulfonamides is 1. The molecule has 0 unspecified atom stereocenters. The fourth-order valence-electron chi connectivity index (χ4n) is 1.94. The second-order valence-electron chi connectivity index (χ2n) is 4.93. The standard InChI is InChI=1S/C15H17BrN2O2S/c1-11-10-12(8-9-13(11)16)21(19,20)17-14-6-4-5-7-15(14)18(2)3/h4-10,17H,1-3H3. The number of anilines is 2. The van der Waals surface area contributed by atoms with Crippen molar-refractivity contribution in [3.05, 3.63) is 52.5 Å². The van der Waals surface area contributed by atoms with E-state index < -0.39 is 10.0 Å². The molecular weight excluding hydrogens is 352 g/mol. The monoisotopic (exact) mass is 368 g/mol. The van der Waals surface area contributed by atoms with Crippen LogP contribution in [0, 0.1) is 6.92 Å². The van der Waals surface area contributed by atoms with Crippen LogP contribution in [0.4, 0.5) is 11.4 Å². The molecule has 2 rings (SSSR count). The van der Waals surface area contributed by atoms with Crippen molar-refractivity contribution >= 4 is 37.3 Å². The lowest BCUT2D eigenvalue weighted by molar-refractivity contribution is 0.601. The van der Waals surface area contributed by atoms with E-state index in [1.54, 1.807) is 30.3 Å². The molecule has 112 valence electrons. The molecule has 0 heterocycles. The van der Waals surface area contributed by atoms with Crippen molar-refractivity contribution in [2.45, 2.75) is 11.8 Å². The maximum absolute atomic E-state index is 12.5. The smallest absolute Gasteiger partial charge is 0.261 e. The lowest BCUT2D eigenvalue weighted by Crippen LogP contribution is -2.17. The van der Waals surface area contributed by atoms with Crippen LogP contribution in [0.2, 0.25) is 0 Å². The second-order valence-corrected chi connectivity index (χ2v) is 7.46. The van der Waals surface area contributed by atoms with E-state index in [9.17, 15) is 8.42 Å². The molecule has 0 atom stereocenters.